The van der Waals surface area contributed by atoms with E-state index in [-0.39, 0.29) is 23.8 Å². The topological polar surface area (TPSA) is 64.0 Å². The number of phenols is 1. The van der Waals surface area contributed by atoms with Gasteiger partial charge in [-0.05, 0) is 18.2 Å². The van der Waals surface area contributed by atoms with Crippen molar-refractivity contribution in [3.8, 4) is 5.75 Å². The number of halogens is 1. The summed E-state index contributed by atoms with van der Waals surface area (Å²) in [6.45, 7) is 3.43. The smallest absolute Gasteiger partial charge is 0.257 e. The van der Waals surface area contributed by atoms with E-state index < -0.39 is 0 Å². The van der Waals surface area contributed by atoms with Gasteiger partial charge in [-0.25, -0.2) is 0 Å². The SMILES string of the molecule is O=C(c1ccc(Cl)cc1O)N1CCN(CCO)CC1. The third kappa shape index (κ3) is 3.37. The van der Waals surface area contributed by atoms with Crippen LogP contribution in [0.4, 0.5) is 0 Å². The molecule has 1 aliphatic rings. The highest BCUT2D eigenvalue weighted by Crippen LogP contribution is 2.23. The van der Waals surface area contributed by atoms with Crippen molar-refractivity contribution in [1.82, 2.24) is 9.80 Å². The first-order chi connectivity index (χ1) is 9.11. The van der Waals surface area contributed by atoms with E-state index in [1.165, 1.54) is 6.07 Å². The average Bonchev–Trinajstić information content (AvgIpc) is 2.39. The number of aliphatic hydroxyl groups excluding tert-OH is 1. The number of nitrogens with zero attached hydrogens (tertiary/aromatic N) is 2. The molecule has 2 rings (SSSR count). The Morgan fingerprint density at radius 2 is 1.95 bits per heavy atom. The minimum atomic E-state index is -0.183. The fourth-order valence-electron chi connectivity index (χ4n) is 2.17. The van der Waals surface area contributed by atoms with Crippen LogP contribution in [0, 0.1) is 0 Å². The first-order valence-electron chi connectivity index (χ1n) is 6.23. The van der Waals surface area contributed by atoms with Crippen LogP contribution in [0.2, 0.25) is 5.02 Å². The summed E-state index contributed by atoms with van der Waals surface area (Å²) >= 11 is 5.75. The summed E-state index contributed by atoms with van der Waals surface area (Å²) in [5.41, 5.74) is 0.278. The zero-order chi connectivity index (χ0) is 13.8. The number of piperazine rings is 1. The first-order valence-corrected chi connectivity index (χ1v) is 6.60. The second-order valence-electron chi connectivity index (χ2n) is 4.52. The molecule has 0 unspecified atom stereocenters. The Hall–Kier alpha value is -1.30. The summed E-state index contributed by atoms with van der Waals surface area (Å²) in [6.07, 6.45) is 0. The number of hydrogen-bond acceptors (Lipinski definition) is 4. The molecule has 6 heteroatoms. The number of carbonyl (C=O) groups excluding carboxylic acids is 1. The largest absolute Gasteiger partial charge is 0.507 e. The van der Waals surface area contributed by atoms with Crippen molar-refractivity contribution >= 4 is 17.5 Å². The Balaban J connectivity index is 2.01. The summed E-state index contributed by atoms with van der Waals surface area (Å²) in [5, 5.41) is 19.0. The Morgan fingerprint density at radius 1 is 1.26 bits per heavy atom. The van der Waals surface area contributed by atoms with Crippen LogP contribution in [-0.4, -0.2) is 65.3 Å². The van der Waals surface area contributed by atoms with Crippen molar-refractivity contribution in [1.29, 1.82) is 0 Å². The Bertz CT molecular complexity index is 459. The van der Waals surface area contributed by atoms with Gasteiger partial charge in [-0.2, -0.15) is 0 Å². The Morgan fingerprint density at radius 3 is 2.53 bits per heavy atom. The molecule has 0 spiro atoms. The molecule has 1 amide bonds. The molecule has 0 radical (unpaired) electrons. The molecule has 2 N–H and O–H groups in total. The molecule has 1 heterocycles. The van der Waals surface area contributed by atoms with E-state index in [0.29, 0.717) is 24.7 Å². The van der Waals surface area contributed by atoms with E-state index in [4.69, 9.17) is 16.7 Å². The summed E-state index contributed by atoms with van der Waals surface area (Å²) in [6, 6.07) is 4.51. The number of hydrogen-bond donors (Lipinski definition) is 2. The summed E-state index contributed by atoms with van der Waals surface area (Å²) in [5.74, 6) is -0.270. The lowest BCUT2D eigenvalue weighted by Gasteiger charge is -2.34. The van der Waals surface area contributed by atoms with Gasteiger partial charge in [0.05, 0.1) is 12.2 Å². The van der Waals surface area contributed by atoms with Gasteiger partial charge in [0.15, 0.2) is 0 Å². The number of rotatable bonds is 3. The minimum Gasteiger partial charge on any atom is -0.507 e. The number of aromatic hydroxyl groups is 1. The zero-order valence-corrected chi connectivity index (χ0v) is 11.3. The van der Waals surface area contributed by atoms with Gasteiger partial charge in [0, 0.05) is 37.7 Å². The average molecular weight is 285 g/mol. The molecule has 1 saturated heterocycles. The van der Waals surface area contributed by atoms with Gasteiger partial charge in [-0.3, -0.25) is 9.69 Å². The van der Waals surface area contributed by atoms with E-state index in [1.54, 1.807) is 17.0 Å². The lowest BCUT2D eigenvalue weighted by Crippen LogP contribution is -2.49. The van der Waals surface area contributed by atoms with Crippen molar-refractivity contribution < 1.29 is 15.0 Å². The number of amides is 1. The third-order valence-electron chi connectivity index (χ3n) is 3.27. The van der Waals surface area contributed by atoms with E-state index in [2.05, 4.69) is 4.90 Å². The van der Waals surface area contributed by atoms with Crippen LogP contribution in [-0.2, 0) is 0 Å². The van der Waals surface area contributed by atoms with Crippen LogP contribution in [0.3, 0.4) is 0 Å². The van der Waals surface area contributed by atoms with Crippen molar-refractivity contribution in [3.05, 3.63) is 28.8 Å². The normalized spacial score (nSPS) is 16.6. The number of aliphatic hydroxyl groups is 1. The molecular weight excluding hydrogens is 268 g/mol. The molecule has 1 aromatic carbocycles. The highest BCUT2D eigenvalue weighted by Gasteiger charge is 2.23. The zero-order valence-electron chi connectivity index (χ0n) is 10.5. The van der Waals surface area contributed by atoms with Crippen molar-refractivity contribution in [2.24, 2.45) is 0 Å². The monoisotopic (exact) mass is 284 g/mol. The maximum Gasteiger partial charge on any atom is 0.257 e. The van der Waals surface area contributed by atoms with Crippen LogP contribution in [0.1, 0.15) is 10.4 Å². The third-order valence-corrected chi connectivity index (χ3v) is 3.50. The van der Waals surface area contributed by atoms with E-state index in [1.807, 2.05) is 0 Å². The van der Waals surface area contributed by atoms with E-state index >= 15 is 0 Å². The first kappa shape index (κ1) is 14.1. The fraction of sp³-hybridized carbons (Fsp3) is 0.462. The lowest BCUT2D eigenvalue weighted by molar-refractivity contribution is 0.0612. The minimum absolute atomic E-state index is 0.0877. The van der Waals surface area contributed by atoms with E-state index in [0.717, 1.165) is 13.1 Å². The van der Waals surface area contributed by atoms with Crippen LogP contribution in [0.15, 0.2) is 18.2 Å². The maximum atomic E-state index is 12.3. The van der Waals surface area contributed by atoms with Crippen LogP contribution in [0.5, 0.6) is 5.75 Å². The van der Waals surface area contributed by atoms with Crippen LogP contribution in [0.25, 0.3) is 0 Å². The standard InChI is InChI=1S/C13H17ClN2O3/c14-10-1-2-11(12(18)9-10)13(19)16-5-3-15(4-6-16)7-8-17/h1-2,9,17-18H,3-8H2. The fourth-order valence-corrected chi connectivity index (χ4v) is 2.34. The van der Waals surface area contributed by atoms with Gasteiger partial charge >= 0.3 is 0 Å². The molecule has 0 bridgehead atoms. The molecular formula is C13H17ClN2O3. The van der Waals surface area contributed by atoms with Crippen molar-refractivity contribution in [2.75, 3.05) is 39.3 Å². The van der Waals surface area contributed by atoms with E-state index in [9.17, 15) is 9.90 Å². The Kier molecular flexibility index (Phi) is 4.63. The van der Waals surface area contributed by atoms with Crippen molar-refractivity contribution in [2.45, 2.75) is 0 Å². The molecule has 5 nitrogen and oxygen atoms in total. The molecule has 0 aromatic heterocycles. The molecule has 0 atom stereocenters. The van der Waals surface area contributed by atoms with Gasteiger partial charge in [0.2, 0.25) is 0 Å². The highest BCUT2D eigenvalue weighted by molar-refractivity contribution is 6.30. The molecule has 1 aliphatic heterocycles. The quantitative estimate of drug-likeness (QED) is 0.862. The van der Waals surface area contributed by atoms with Crippen molar-refractivity contribution in [3.63, 3.8) is 0 Å². The molecule has 0 saturated carbocycles. The highest BCUT2D eigenvalue weighted by atomic mass is 35.5. The predicted molar refractivity (Wildman–Crippen MR) is 72.5 cm³/mol. The Labute approximate surface area is 117 Å². The summed E-state index contributed by atoms with van der Waals surface area (Å²) in [4.78, 5) is 16.1. The number of phenolic OH excluding ortho intramolecular Hbond substituents is 1. The van der Waals surface area contributed by atoms with Crippen LogP contribution >= 0.6 is 11.6 Å². The van der Waals surface area contributed by atoms with Gasteiger partial charge in [-0.15, -0.1) is 0 Å². The molecule has 1 fully saturated rings. The van der Waals surface area contributed by atoms with Gasteiger partial charge in [-0.1, -0.05) is 11.6 Å². The number of benzene rings is 1. The second-order valence-corrected chi connectivity index (χ2v) is 4.96. The summed E-state index contributed by atoms with van der Waals surface area (Å²) in [7, 11) is 0. The molecule has 104 valence electrons. The molecule has 19 heavy (non-hydrogen) atoms. The van der Waals surface area contributed by atoms with Gasteiger partial charge < -0.3 is 15.1 Å². The summed E-state index contributed by atoms with van der Waals surface area (Å²) < 4.78 is 0. The molecule has 1 aromatic rings. The van der Waals surface area contributed by atoms with Gasteiger partial charge in [0.25, 0.3) is 5.91 Å². The van der Waals surface area contributed by atoms with Crippen LogP contribution < -0.4 is 0 Å². The maximum absolute atomic E-state index is 12.3. The van der Waals surface area contributed by atoms with Gasteiger partial charge in [0.1, 0.15) is 5.75 Å². The number of carbonyl (C=O) groups is 1. The second kappa shape index (κ2) is 6.23. The number of β-amino-alcohol motifs (C(OH)–C–C–N with tert-alkyl or cyclic N) is 1. The predicted octanol–water partition coefficient (Wildman–Crippen LogP) is 0.796. The lowest BCUT2D eigenvalue weighted by atomic mass is 10.1. The molecule has 0 aliphatic carbocycles.